The lowest BCUT2D eigenvalue weighted by Gasteiger charge is -2.29. The van der Waals surface area contributed by atoms with Crippen molar-refractivity contribution in [2.24, 2.45) is 0 Å². The molecule has 0 atom stereocenters. The Balaban J connectivity index is 0.000000590. The first-order valence-corrected chi connectivity index (χ1v) is 12.3. The summed E-state index contributed by atoms with van der Waals surface area (Å²) in [5, 5.41) is 9.17. The molecule has 0 aliphatic carbocycles. The van der Waals surface area contributed by atoms with Crippen molar-refractivity contribution in [2.45, 2.75) is 58.5 Å². The van der Waals surface area contributed by atoms with Crippen LogP contribution in [0.1, 0.15) is 41.5 Å². The highest BCUT2D eigenvalue weighted by atomic mass is 32.5. The van der Waals surface area contributed by atoms with E-state index < -0.39 is 16.7 Å². The van der Waals surface area contributed by atoms with Crippen LogP contribution in [-0.2, 0) is 30.9 Å². The third kappa shape index (κ3) is 8.43. The Kier molecular flexibility index (Phi) is 11.1. The second-order valence-corrected chi connectivity index (χ2v) is 10.4. The molecule has 0 radical (unpaired) electrons. The van der Waals surface area contributed by atoms with Crippen molar-refractivity contribution in [1.29, 1.82) is 0 Å². The summed E-state index contributed by atoms with van der Waals surface area (Å²) in [6.45, 7) is 8.38. The van der Waals surface area contributed by atoms with E-state index in [1.165, 1.54) is 28.6 Å². The van der Waals surface area contributed by atoms with Gasteiger partial charge in [0.1, 0.15) is 12.5 Å². The highest BCUT2D eigenvalue weighted by molar-refractivity contribution is 8.06. The number of phenols is 1. The quantitative estimate of drug-likeness (QED) is 0.638. The van der Waals surface area contributed by atoms with Gasteiger partial charge in [0.25, 0.3) is 0 Å². The Morgan fingerprint density at radius 2 is 1.46 bits per heavy atom. The number of rotatable bonds is 8. The first kappa shape index (κ1) is 25.5. The normalized spacial score (nSPS) is 12.4. The summed E-state index contributed by atoms with van der Waals surface area (Å²) in [6, 6.07) is 5.39. The van der Waals surface area contributed by atoms with E-state index in [1.54, 1.807) is 13.8 Å². The zero-order valence-corrected chi connectivity index (χ0v) is 18.6. The molecule has 0 saturated heterocycles. The molecule has 10 heteroatoms. The summed E-state index contributed by atoms with van der Waals surface area (Å²) in [4.78, 5) is 11.0. The molecule has 1 aromatic carbocycles. The molecule has 0 aliphatic rings. The van der Waals surface area contributed by atoms with Gasteiger partial charge in [0.15, 0.2) is 0 Å². The Bertz CT molecular complexity index is 658. The predicted molar refractivity (Wildman–Crippen MR) is 105 cm³/mol. The van der Waals surface area contributed by atoms with Gasteiger partial charge < -0.3 is 19.0 Å². The zero-order valence-electron chi connectivity index (χ0n) is 16.1. The van der Waals surface area contributed by atoms with Crippen molar-refractivity contribution in [2.75, 3.05) is 13.2 Å². The first-order chi connectivity index (χ1) is 11.9. The topological polar surface area (TPSA) is 99.1 Å². The van der Waals surface area contributed by atoms with E-state index in [-0.39, 0.29) is 22.7 Å². The second-order valence-electron chi connectivity index (χ2n) is 5.80. The van der Waals surface area contributed by atoms with Gasteiger partial charge in [-0.15, -0.1) is 0 Å². The standard InChI is InChI=1S/C12H19NO3S.C4H11O3PS/c1-9(2)13(10(3)4)17(15,16)12-7-5-11(14)6-8-12;1-3-6-8(5,9)7-4-2/h5-10,14H,1-4H3;3-4H2,1-2H3,(H,5,9)/p-1. The maximum Gasteiger partial charge on any atom is 0.243 e. The van der Waals surface area contributed by atoms with Crippen LogP contribution in [0.4, 0.5) is 0 Å². The monoisotopic (exact) mass is 426 g/mol. The third-order valence-corrected chi connectivity index (χ3v) is 7.05. The van der Waals surface area contributed by atoms with Crippen molar-refractivity contribution in [3.05, 3.63) is 24.3 Å². The van der Waals surface area contributed by atoms with Crippen LogP contribution in [0.2, 0.25) is 0 Å². The Morgan fingerprint density at radius 3 is 1.77 bits per heavy atom. The molecular formula is C16H29NO6PS2-. The zero-order chi connectivity index (χ0) is 20.5. The molecule has 0 spiro atoms. The fourth-order valence-corrected chi connectivity index (χ4v) is 5.42. The van der Waals surface area contributed by atoms with E-state index >= 15 is 0 Å². The maximum atomic E-state index is 12.4. The molecule has 0 saturated carbocycles. The van der Waals surface area contributed by atoms with Crippen molar-refractivity contribution in [3.8, 4) is 5.75 Å². The van der Waals surface area contributed by atoms with E-state index in [0.717, 1.165) is 0 Å². The van der Waals surface area contributed by atoms with Crippen LogP contribution >= 0.6 is 6.72 Å². The van der Waals surface area contributed by atoms with Crippen molar-refractivity contribution in [3.63, 3.8) is 0 Å². The van der Waals surface area contributed by atoms with Crippen LogP contribution in [0.3, 0.4) is 0 Å². The number of hydrogen-bond donors (Lipinski definition) is 1. The molecule has 0 unspecified atom stereocenters. The maximum absolute atomic E-state index is 12.4. The van der Waals surface area contributed by atoms with Gasteiger partial charge in [-0.2, -0.15) is 4.31 Å². The van der Waals surface area contributed by atoms with Gasteiger partial charge in [0.05, 0.1) is 18.1 Å². The molecule has 0 bridgehead atoms. The number of hydrogen-bond acceptors (Lipinski definition) is 7. The minimum absolute atomic E-state index is 0.0598. The van der Waals surface area contributed by atoms with Gasteiger partial charge in [-0.3, -0.25) is 0 Å². The summed E-state index contributed by atoms with van der Waals surface area (Å²) in [7, 11) is -3.49. The molecule has 0 fully saturated rings. The van der Waals surface area contributed by atoms with Gasteiger partial charge in [0, 0.05) is 12.1 Å². The van der Waals surface area contributed by atoms with Gasteiger partial charge in [-0.25, -0.2) is 8.42 Å². The molecule has 152 valence electrons. The van der Waals surface area contributed by atoms with Crippen molar-refractivity contribution < 1.29 is 27.5 Å². The van der Waals surface area contributed by atoms with Crippen LogP contribution in [0.15, 0.2) is 29.2 Å². The summed E-state index contributed by atoms with van der Waals surface area (Å²) < 4.78 is 35.4. The number of sulfonamides is 1. The minimum atomic E-state index is -3.49. The number of nitrogens with zero attached hydrogens (tertiary/aromatic N) is 1. The van der Waals surface area contributed by atoms with Gasteiger partial charge in [-0.1, -0.05) is 11.8 Å². The van der Waals surface area contributed by atoms with Crippen LogP contribution in [-0.4, -0.2) is 43.1 Å². The molecule has 26 heavy (non-hydrogen) atoms. The third-order valence-electron chi connectivity index (χ3n) is 3.00. The van der Waals surface area contributed by atoms with Crippen molar-refractivity contribution in [1.82, 2.24) is 4.31 Å². The predicted octanol–water partition coefficient (Wildman–Crippen LogP) is 2.84. The molecule has 0 heterocycles. The van der Waals surface area contributed by atoms with Gasteiger partial charge in [-0.05, 0) is 65.8 Å². The summed E-state index contributed by atoms with van der Waals surface area (Å²) in [5.41, 5.74) is 0. The Labute approximate surface area is 162 Å². The van der Waals surface area contributed by atoms with E-state index in [4.69, 9.17) is 0 Å². The lowest BCUT2D eigenvalue weighted by Crippen LogP contribution is -2.41. The smallest absolute Gasteiger partial charge is 0.243 e. The fourth-order valence-electron chi connectivity index (χ4n) is 2.24. The molecule has 0 amide bonds. The van der Waals surface area contributed by atoms with Crippen LogP contribution < -0.4 is 4.89 Å². The van der Waals surface area contributed by atoms with E-state index in [0.29, 0.717) is 13.2 Å². The SMILES string of the molecule is CC(C)N(C(C)C)S(=O)(=O)c1ccc(O)cc1.CCOP([O-])(=S)OCC. The summed E-state index contributed by atoms with van der Waals surface area (Å²) in [6.07, 6.45) is 0. The Morgan fingerprint density at radius 1 is 1.08 bits per heavy atom. The number of phenolic OH excluding ortho intramolecular Hbond substituents is 1. The van der Waals surface area contributed by atoms with Crippen LogP contribution in [0.25, 0.3) is 0 Å². The molecule has 1 rings (SSSR count). The van der Waals surface area contributed by atoms with E-state index in [9.17, 15) is 18.4 Å². The molecular weight excluding hydrogens is 397 g/mol. The highest BCUT2D eigenvalue weighted by Crippen LogP contribution is 2.37. The van der Waals surface area contributed by atoms with Gasteiger partial charge >= 0.3 is 0 Å². The first-order valence-electron chi connectivity index (χ1n) is 8.31. The summed E-state index contributed by atoms with van der Waals surface area (Å²) >= 11 is 4.45. The largest absolute Gasteiger partial charge is 0.780 e. The van der Waals surface area contributed by atoms with E-state index in [2.05, 4.69) is 20.9 Å². The number of benzene rings is 1. The summed E-state index contributed by atoms with van der Waals surface area (Å²) in [5.74, 6) is 0.0598. The van der Waals surface area contributed by atoms with Crippen molar-refractivity contribution >= 4 is 28.5 Å². The average Bonchev–Trinajstić information content (AvgIpc) is 2.46. The lowest BCUT2D eigenvalue weighted by molar-refractivity contribution is -0.205. The average molecular weight is 427 g/mol. The molecule has 0 aromatic heterocycles. The molecule has 1 aromatic rings. The number of aromatic hydroxyl groups is 1. The van der Waals surface area contributed by atoms with E-state index in [1.807, 2.05) is 27.7 Å². The minimum Gasteiger partial charge on any atom is -0.780 e. The van der Waals surface area contributed by atoms with Crippen LogP contribution in [0.5, 0.6) is 5.75 Å². The van der Waals surface area contributed by atoms with Gasteiger partial charge in [0.2, 0.25) is 10.0 Å². The molecule has 1 N–H and O–H groups in total. The molecule has 0 aliphatic heterocycles. The Hall–Kier alpha value is -0.540. The molecule has 7 nitrogen and oxygen atoms in total. The highest BCUT2D eigenvalue weighted by Gasteiger charge is 2.29. The fraction of sp³-hybridized carbons (Fsp3) is 0.625. The lowest BCUT2D eigenvalue weighted by atomic mass is 10.3. The van der Waals surface area contributed by atoms with Crippen LogP contribution in [0, 0.1) is 0 Å². The second kappa shape index (κ2) is 11.3.